The van der Waals surface area contributed by atoms with Crippen molar-refractivity contribution in [3.63, 3.8) is 0 Å². The molecule has 1 aliphatic carbocycles. The summed E-state index contributed by atoms with van der Waals surface area (Å²) >= 11 is 0. The van der Waals surface area contributed by atoms with Gasteiger partial charge in [-0.2, -0.15) is 0 Å². The molecule has 0 amide bonds. The predicted molar refractivity (Wildman–Crippen MR) is 77.4 cm³/mol. The largest absolute Gasteiger partial charge is 0.459 e. The van der Waals surface area contributed by atoms with Crippen LogP contribution in [0.15, 0.2) is 24.3 Å². The molecule has 1 unspecified atom stereocenters. The van der Waals surface area contributed by atoms with Crippen LogP contribution in [0.3, 0.4) is 0 Å². The molecule has 1 aromatic rings. The molecule has 0 spiro atoms. The van der Waals surface area contributed by atoms with Crippen molar-refractivity contribution in [3.05, 3.63) is 29.8 Å². The van der Waals surface area contributed by atoms with Crippen LogP contribution in [0, 0.1) is 5.41 Å². The Morgan fingerprint density at radius 2 is 1.79 bits per heavy atom. The second-order valence-electron chi connectivity index (χ2n) is 6.05. The summed E-state index contributed by atoms with van der Waals surface area (Å²) in [4.78, 5) is 11.7. The van der Waals surface area contributed by atoms with E-state index >= 15 is 0 Å². The Bertz CT molecular complexity index is 446. The van der Waals surface area contributed by atoms with Crippen LogP contribution in [0.25, 0.3) is 0 Å². The molecule has 0 aliphatic heterocycles. The Labute approximate surface area is 115 Å². The Balaban J connectivity index is 1.96. The number of ether oxygens (including phenoxy) is 1. The van der Waals surface area contributed by atoms with E-state index in [1.807, 2.05) is 38.1 Å². The second kappa shape index (κ2) is 5.24. The number of hydrogen-bond donors (Lipinski definition) is 1. The quantitative estimate of drug-likeness (QED) is 0.818. The molecule has 1 fully saturated rings. The Morgan fingerprint density at radius 3 is 2.26 bits per heavy atom. The molecular weight excluding hydrogens is 238 g/mol. The number of carbonyl (C=O) groups excluding carboxylic acids is 1. The van der Waals surface area contributed by atoms with Crippen molar-refractivity contribution < 1.29 is 9.53 Å². The summed E-state index contributed by atoms with van der Waals surface area (Å²) in [7, 11) is 0. The van der Waals surface area contributed by atoms with Crippen molar-refractivity contribution >= 4 is 11.7 Å². The lowest BCUT2D eigenvalue weighted by Gasteiger charge is -2.21. The SMILES string of the molecule is CC(C)OC(=O)c1ccc(NC(C)C2(C)CC2)cc1. The molecule has 1 saturated carbocycles. The van der Waals surface area contributed by atoms with Crippen LogP contribution >= 0.6 is 0 Å². The summed E-state index contributed by atoms with van der Waals surface area (Å²) in [6.45, 7) is 8.23. The number of rotatable bonds is 5. The molecule has 3 heteroatoms. The van der Waals surface area contributed by atoms with E-state index in [0.717, 1.165) is 5.69 Å². The van der Waals surface area contributed by atoms with Crippen LogP contribution in [0.1, 0.15) is 50.9 Å². The summed E-state index contributed by atoms with van der Waals surface area (Å²) in [5.41, 5.74) is 2.10. The second-order valence-corrected chi connectivity index (χ2v) is 6.05. The van der Waals surface area contributed by atoms with E-state index in [4.69, 9.17) is 4.74 Å². The van der Waals surface area contributed by atoms with Crippen molar-refractivity contribution in [3.8, 4) is 0 Å². The fourth-order valence-corrected chi connectivity index (χ4v) is 2.04. The van der Waals surface area contributed by atoms with Gasteiger partial charge in [0.1, 0.15) is 0 Å². The van der Waals surface area contributed by atoms with Gasteiger partial charge in [-0.15, -0.1) is 0 Å². The van der Waals surface area contributed by atoms with Gasteiger partial charge < -0.3 is 10.1 Å². The van der Waals surface area contributed by atoms with Gasteiger partial charge in [0.2, 0.25) is 0 Å². The highest BCUT2D eigenvalue weighted by Crippen LogP contribution is 2.48. The number of hydrogen-bond acceptors (Lipinski definition) is 3. The molecule has 0 aromatic heterocycles. The molecule has 1 aromatic carbocycles. The van der Waals surface area contributed by atoms with Crippen molar-refractivity contribution in [2.75, 3.05) is 5.32 Å². The van der Waals surface area contributed by atoms with Gasteiger partial charge in [-0.1, -0.05) is 6.92 Å². The van der Waals surface area contributed by atoms with Gasteiger partial charge >= 0.3 is 5.97 Å². The Hall–Kier alpha value is -1.51. The predicted octanol–water partition coefficient (Wildman–Crippen LogP) is 3.85. The lowest BCUT2D eigenvalue weighted by atomic mass is 10.0. The minimum Gasteiger partial charge on any atom is -0.459 e. The maximum Gasteiger partial charge on any atom is 0.338 e. The van der Waals surface area contributed by atoms with Crippen molar-refractivity contribution in [2.45, 2.75) is 52.7 Å². The molecule has 1 aliphatic rings. The van der Waals surface area contributed by atoms with Gasteiger partial charge in [-0.3, -0.25) is 0 Å². The van der Waals surface area contributed by atoms with Crippen molar-refractivity contribution in [1.82, 2.24) is 0 Å². The number of anilines is 1. The first-order chi connectivity index (χ1) is 8.90. The van der Waals surface area contributed by atoms with Gasteiger partial charge in [0.05, 0.1) is 11.7 Å². The van der Waals surface area contributed by atoms with E-state index in [0.29, 0.717) is 17.0 Å². The zero-order chi connectivity index (χ0) is 14.0. The normalized spacial score (nSPS) is 17.9. The van der Waals surface area contributed by atoms with E-state index < -0.39 is 0 Å². The molecule has 19 heavy (non-hydrogen) atoms. The fraction of sp³-hybridized carbons (Fsp3) is 0.562. The van der Waals surface area contributed by atoms with E-state index in [1.165, 1.54) is 12.8 Å². The smallest absolute Gasteiger partial charge is 0.338 e. The third-order valence-corrected chi connectivity index (χ3v) is 3.93. The van der Waals surface area contributed by atoms with Gasteiger partial charge in [-0.05, 0) is 63.3 Å². The maximum absolute atomic E-state index is 11.7. The molecule has 1 atom stereocenters. The first-order valence-corrected chi connectivity index (χ1v) is 6.98. The molecule has 3 nitrogen and oxygen atoms in total. The summed E-state index contributed by atoms with van der Waals surface area (Å²) in [6.07, 6.45) is 2.50. The standard InChI is InChI=1S/C16H23NO2/c1-11(2)19-15(18)13-5-7-14(8-6-13)17-12(3)16(4)9-10-16/h5-8,11-12,17H,9-10H2,1-4H3. The first kappa shape index (κ1) is 13.9. The number of benzene rings is 1. The monoisotopic (exact) mass is 261 g/mol. The highest BCUT2D eigenvalue weighted by Gasteiger charge is 2.42. The molecule has 0 heterocycles. The molecule has 1 N–H and O–H groups in total. The highest BCUT2D eigenvalue weighted by molar-refractivity contribution is 5.89. The average molecular weight is 261 g/mol. The van der Waals surface area contributed by atoms with Crippen LogP contribution in [-0.4, -0.2) is 18.1 Å². The average Bonchev–Trinajstić information content (AvgIpc) is 3.09. The number of esters is 1. The van der Waals surface area contributed by atoms with E-state index in [2.05, 4.69) is 19.2 Å². The van der Waals surface area contributed by atoms with Crippen LogP contribution in [0.2, 0.25) is 0 Å². The minimum atomic E-state index is -0.260. The zero-order valence-electron chi connectivity index (χ0n) is 12.2. The van der Waals surface area contributed by atoms with Crippen molar-refractivity contribution in [2.24, 2.45) is 5.41 Å². The summed E-state index contributed by atoms with van der Waals surface area (Å²) in [6, 6.07) is 7.98. The lowest BCUT2D eigenvalue weighted by Crippen LogP contribution is -2.24. The third-order valence-electron chi connectivity index (χ3n) is 3.93. The number of nitrogens with one attached hydrogen (secondary N) is 1. The van der Waals surface area contributed by atoms with E-state index in [-0.39, 0.29) is 12.1 Å². The van der Waals surface area contributed by atoms with E-state index in [1.54, 1.807) is 0 Å². The summed E-state index contributed by atoms with van der Waals surface area (Å²) in [5, 5.41) is 3.50. The lowest BCUT2D eigenvalue weighted by molar-refractivity contribution is 0.0378. The van der Waals surface area contributed by atoms with E-state index in [9.17, 15) is 4.79 Å². The Morgan fingerprint density at radius 1 is 1.21 bits per heavy atom. The van der Waals surface area contributed by atoms with Gasteiger partial charge in [0, 0.05) is 11.7 Å². The summed E-state index contributed by atoms with van der Waals surface area (Å²) in [5.74, 6) is -0.260. The molecular formula is C16H23NO2. The molecule has 0 bridgehead atoms. The highest BCUT2D eigenvalue weighted by atomic mass is 16.5. The molecule has 0 saturated heterocycles. The minimum absolute atomic E-state index is 0.0832. The molecule has 2 rings (SSSR count). The van der Waals surface area contributed by atoms with Crippen LogP contribution < -0.4 is 5.32 Å². The zero-order valence-corrected chi connectivity index (χ0v) is 12.2. The number of carbonyl (C=O) groups is 1. The molecule has 0 radical (unpaired) electrons. The van der Waals surface area contributed by atoms with Crippen LogP contribution in [0.5, 0.6) is 0 Å². The first-order valence-electron chi connectivity index (χ1n) is 6.98. The topological polar surface area (TPSA) is 38.3 Å². The fourth-order valence-electron chi connectivity index (χ4n) is 2.04. The Kier molecular flexibility index (Phi) is 3.83. The van der Waals surface area contributed by atoms with Crippen LogP contribution in [-0.2, 0) is 4.74 Å². The van der Waals surface area contributed by atoms with Crippen molar-refractivity contribution in [1.29, 1.82) is 0 Å². The molecule has 104 valence electrons. The van der Waals surface area contributed by atoms with Gasteiger partial charge in [0.15, 0.2) is 0 Å². The van der Waals surface area contributed by atoms with Gasteiger partial charge in [-0.25, -0.2) is 4.79 Å². The van der Waals surface area contributed by atoms with Gasteiger partial charge in [0.25, 0.3) is 0 Å². The third kappa shape index (κ3) is 3.49. The van der Waals surface area contributed by atoms with Crippen LogP contribution in [0.4, 0.5) is 5.69 Å². The summed E-state index contributed by atoms with van der Waals surface area (Å²) < 4.78 is 5.16. The maximum atomic E-state index is 11.7.